The van der Waals surface area contributed by atoms with E-state index in [0.29, 0.717) is 5.52 Å². The van der Waals surface area contributed by atoms with E-state index in [1.807, 2.05) is 0 Å². The first-order valence-electron chi connectivity index (χ1n) is 3.36. The summed E-state index contributed by atoms with van der Waals surface area (Å²) in [6, 6.07) is 4.37. The van der Waals surface area contributed by atoms with Crippen molar-refractivity contribution in [2.24, 2.45) is 0 Å². The Morgan fingerprint density at radius 2 is 2.00 bits per heavy atom. The molecule has 0 aliphatic heterocycles. The van der Waals surface area contributed by atoms with Gasteiger partial charge in [0, 0.05) is 22.4 Å². The molecule has 0 saturated heterocycles. The van der Waals surface area contributed by atoms with E-state index in [9.17, 15) is 8.42 Å². The van der Waals surface area contributed by atoms with Crippen molar-refractivity contribution in [2.75, 3.05) is 0 Å². The van der Waals surface area contributed by atoms with E-state index in [0.717, 1.165) is 0 Å². The summed E-state index contributed by atoms with van der Waals surface area (Å²) in [5.41, 5.74) is 0.611. The summed E-state index contributed by atoms with van der Waals surface area (Å²) in [4.78, 5) is -0.237. The van der Waals surface area contributed by atoms with Gasteiger partial charge in [-0.3, -0.25) is 9.65 Å². The molecule has 15 heavy (non-hydrogen) atoms. The molecule has 1 radical (unpaired) electrons. The number of nitrogens with zero attached hydrogens (tertiary/aromatic N) is 2. The molecule has 0 fully saturated rings. The Balaban J connectivity index is 0.000000980. The zero-order valence-corrected chi connectivity index (χ0v) is 8.90. The van der Waals surface area contributed by atoms with E-state index in [4.69, 9.17) is 4.55 Å². The van der Waals surface area contributed by atoms with Crippen LogP contribution in [-0.4, -0.2) is 79.8 Å². The summed E-state index contributed by atoms with van der Waals surface area (Å²) >= 11 is 0. The van der Waals surface area contributed by atoms with Gasteiger partial charge >= 0.3 is 51.4 Å². The molecular weight excluding hydrogens is 341 g/mol. The number of rotatable bonds is 1. The first-order valence-corrected chi connectivity index (χ1v) is 4.80. The van der Waals surface area contributed by atoms with Crippen LogP contribution in [0.3, 0.4) is 0 Å². The molecule has 81 valence electrons. The molecule has 1 heterocycles. The molecule has 0 aliphatic rings. The van der Waals surface area contributed by atoms with E-state index in [1.54, 1.807) is 6.07 Å². The molecule has 1 aromatic heterocycles. The van der Waals surface area contributed by atoms with Gasteiger partial charge in [-0.1, -0.05) is 11.3 Å². The second kappa shape index (κ2) is 6.01. The van der Waals surface area contributed by atoms with Crippen LogP contribution in [0.5, 0.6) is 0 Å². The number of H-pyrrole nitrogens is 1. The van der Waals surface area contributed by atoms with E-state index in [1.165, 1.54) is 12.1 Å². The summed E-state index contributed by atoms with van der Waals surface area (Å²) in [6.07, 6.45) is 0. The Bertz CT molecular complexity index is 556. The minimum atomic E-state index is -4.22. The van der Waals surface area contributed by atoms with Crippen LogP contribution in [0, 0.1) is 0 Å². The van der Waals surface area contributed by atoms with Crippen molar-refractivity contribution >= 4 is 72.5 Å². The van der Waals surface area contributed by atoms with Crippen LogP contribution in [-0.2, 0) is 32.5 Å². The molecule has 2 N–H and O–H groups in total. The number of aromatic nitrogens is 3. The molecule has 2 aromatic rings. The van der Waals surface area contributed by atoms with Crippen LogP contribution in [0.4, 0.5) is 0 Å². The summed E-state index contributed by atoms with van der Waals surface area (Å²) < 4.78 is 30.4. The van der Waals surface area contributed by atoms with E-state index >= 15 is 0 Å². The number of hydrogen-bond acceptors (Lipinski definition) is 4. The van der Waals surface area contributed by atoms with Crippen molar-refractivity contribution in [3.05, 3.63) is 18.2 Å². The Morgan fingerprint density at radius 3 is 2.60 bits per heavy atom. The summed E-state index contributed by atoms with van der Waals surface area (Å²) in [7, 11) is -4.22. The van der Waals surface area contributed by atoms with Crippen molar-refractivity contribution < 1.29 is 35.4 Å². The number of aromatic amines is 1. The molecule has 0 atom stereocenters. The quantitative estimate of drug-likeness (QED) is 0.538. The maximum absolute atomic E-state index is 10.8. The molecule has 0 amide bonds. The average Bonchev–Trinajstić information content (AvgIpc) is 2.48. The second-order valence-electron chi connectivity index (χ2n) is 2.44. The van der Waals surface area contributed by atoms with Gasteiger partial charge in [0.05, 0.1) is 5.52 Å². The summed E-state index contributed by atoms with van der Waals surface area (Å²) in [6.45, 7) is 0. The molecule has 6 nitrogen and oxygen atoms in total. The van der Waals surface area contributed by atoms with Gasteiger partial charge in [-0.2, -0.15) is 8.42 Å². The molecule has 0 unspecified atom stereocenters. The number of nitrogens with one attached hydrogen (secondary N) is 1. The van der Waals surface area contributed by atoms with Crippen LogP contribution in [0.2, 0.25) is 0 Å². The van der Waals surface area contributed by atoms with Gasteiger partial charge in [-0.05, 0) is 12.1 Å². The van der Waals surface area contributed by atoms with Gasteiger partial charge in [0.25, 0.3) is 10.1 Å². The van der Waals surface area contributed by atoms with Gasteiger partial charge in [-0.25, -0.2) is 0 Å². The predicted molar refractivity (Wildman–Crippen MR) is 50.9 cm³/mol. The van der Waals surface area contributed by atoms with Gasteiger partial charge in [0.15, 0.2) is 0 Å². The number of fused-ring (bicyclic) bond motifs is 1. The van der Waals surface area contributed by atoms with Gasteiger partial charge in [0.2, 0.25) is 0 Å². The van der Waals surface area contributed by atoms with Gasteiger partial charge < -0.3 is 0 Å². The Labute approximate surface area is 144 Å². The zero-order valence-electron chi connectivity index (χ0n) is 6.60. The fourth-order valence-electron chi connectivity index (χ4n) is 1.05. The molecule has 0 bridgehead atoms. The minimum absolute atomic E-state index is 0. The van der Waals surface area contributed by atoms with Crippen molar-refractivity contribution in [2.45, 2.75) is 4.90 Å². The topological polar surface area (TPSA) is 95.9 Å². The van der Waals surface area contributed by atoms with E-state index < -0.39 is 10.1 Å². The Morgan fingerprint density at radius 1 is 1.33 bits per heavy atom. The first kappa shape index (κ1) is 15.9. The van der Waals surface area contributed by atoms with Crippen LogP contribution in [0.1, 0.15) is 0 Å². The molecular formula is C6H6AgKN3O3S. The van der Waals surface area contributed by atoms with Gasteiger partial charge in [-0.15, -0.1) is 5.10 Å². The molecule has 0 saturated carbocycles. The van der Waals surface area contributed by atoms with E-state index in [-0.39, 0.29) is 84.2 Å². The van der Waals surface area contributed by atoms with Crippen molar-refractivity contribution in [3.8, 4) is 0 Å². The second-order valence-corrected chi connectivity index (χ2v) is 3.83. The Hall–Kier alpha value is 0.907. The van der Waals surface area contributed by atoms with Crippen molar-refractivity contribution in [1.29, 1.82) is 0 Å². The van der Waals surface area contributed by atoms with Crippen LogP contribution in [0.25, 0.3) is 11.0 Å². The van der Waals surface area contributed by atoms with Crippen LogP contribution < -0.4 is 0 Å². The molecule has 0 spiro atoms. The van der Waals surface area contributed by atoms with Crippen LogP contribution >= 0.6 is 0 Å². The van der Waals surface area contributed by atoms with Crippen molar-refractivity contribution in [1.82, 2.24) is 15.4 Å². The fourth-order valence-corrected chi connectivity index (χ4v) is 1.70. The molecule has 0 aliphatic carbocycles. The predicted octanol–water partition coefficient (Wildman–Crippen LogP) is -0.446. The molecule has 1 aromatic carbocycles. The standard InChI is InChI=1S/C6H5N3O3S.Ag.K.H/c10-13(11,12)5-3-1-2-4-6(5)8-9-7-4;;;/h1-3H,(H,7,8,9)(H,10,11,12);;;. The van der Waals surface area contributed by atoms with E-state index in [2.05, 4.69) is 15.4 Å². The summed E-state index contributed by atoms with van der Waals surface area (Å²) in [5.74, 6) is 0. The third-order valence-electron chi connectivity index (χ3n) is 1.60. The Kier molecular flexibility index (Phi) is 6.37. The number of hydrogen-bond donors (Lipinski definition) is 2. The van der Waals surface area contributed by atoms with Crippen LogP contribution in [0.15, 0.2) is 23.1 Å². The summed E-state index contributed by atoms with van der Waals surface area (Å²) in [5, 5.41) is 9.46. The SMILES string of the molecule is O=S(=O)(O)c1cccc2[nH]nnc12.[Ag].[KH]. The van der Waals surface area contributed by atoms with Crippen molar-refractivity contribution in [3.63, 3.8) is 0 Å². The average molecular weight is 347 g/mol. The number of benzene rings is 1. The van der Waals surface area contributed by atoms with Gasteiger partial charge in [0.1, 0.15) is 10.4 Å². The maximum atomic E-state index is 10.8. The zero-order chi connectivity index (χ0) is 9.47. The fraction of sp³-hybridized carbons (Fsp3) is 0. The third kappa shape index (κ3) is 3.43. The first-order chi connectivity index (χ1) is 6.09. The molecule has 9 heteroatoms. The third-order valence-corrected chi connectivity index (χ3v) is 2.48. The normalized spacial score (nSPS) is 10.5. The molecule has 2 rings (SSSR count). The monoisotopic (exact) mass is 346 g/mol.